The summed E-state index contributed by atoms with van der Waals surface area (Å²) in [6, 6.07) is 5.53. The fraction of sp³-hybridized carbons (Fsp3) is 0.250. The fourth-order valence-electron chi connectivity index (χ4n) is 1.45. The van der Waals surface area contributed by atoms with Gasteiger partial charge in [0.1, 0.15) is 0 Å². The molecule has 1 aromatic rings. The van der Waals surface area contributed by atoms with Gasteiger partial charge in [-0.2, -0.15) is 0 Å². The molecule has 0 atom stereocenters. The molecule has 116 valence electrons. The maximum absolute atomic E-state index is 9.00. The Morgan fingerprint density at radius 1 is 1.32 bits per heavy atom. The number of azo groups is 1. The summed E-state index contributed by atoms with van der Waals surface area (Å²) in [7, 11) is 0. The van der Waals surface area contributed by atoms with Crippen molar-refractivity contribution in [1.82, 2.24) is 4.57 Å². The second-order valence-corrected chi connectivity index (χ2v) is 4.30. The van der Waals surface area contributed by atoms with Crippen LogP contribution in [0.15, 0.2) is 81.4 Å². The first kappa shape index (κ1) is 17.5. The summed E-state index contributed by atoms with van der Waals surface area (Å²) in [6.45, 7) is 7.89. The zero-order valence-corrected chi connectivity index (χ0v) is 12.9. The maximum atomic E-state index is 9.00. The highest BCUT2D eigenvalue weighted by molar-refractivity contribution is 5.79. The normalized spacial score (nSPS) is 13.8. The lowest BCUT2D eigenvalue weighted by Gasteiger charge is -2.02. The molecular weight excluding hydrogens is 278 g/mol. The van der Waals surface area contributed by atoms with E-state index >= 15 is 0 Å². The molecule has 0 fully saturated rings. The minimum absolute atomic E-state index is 0.0397. The molecule has 0 aromatic carbocycles. The minimum Gasteiger partial charge on any atom is -0.395 e. The van der Waals surface area contributed by atoms with Crippen molar-refractivity contribution in [3.63, 3.8) is 0 Å². The third-order valence-corrected chi connectivity index (χ3v) is 2.47. The number of nitrogens with zero attached hydrogens (tertiary/aromatic N) is 5. The van der Waals surface area contributed by atoms with Gasteiger partial charge in [-0.15, -0.1) is 20.4 Å². The molecule has 0 saturated carbocycles. The topological polar surface area (TPSA) is 74.6 Å². The number of aliphatic hydroxyl groups excluding tert-OH is 1. The largest absolute Gasteiger partial charge is 0.395 e. The van der Waals surface area contributed by atoms with Crippen LogP contribution in [0.2, 0.25) is 0 Å². The Morgan fingerprint density at radius 3 is 2.86 bits per heavy atom. The van der Waals surface area contributed by atoms with Crippen LogP contribution in [0.5, 0.6) is 0 Å². The number of aliphatic hydroxyl groups is 1. The van der Waals surface area contributed by atoms with Gasteiger partial charge in [0.2, 0.25) is 0 Å². The number of hydrogen-bond donors (Lipinski definition) is 1. The Balaban J connectivity index is 2.81. The van der Waals surface area contributed by atoms with Crippen LogP contribution in [0, 0.1) is 0 Å². The zero-order valence-electron chi connectivity index (χ0n) is 12.9. The molecular formula is C16H21N5O. The summed E-state index contributed by atoms with van der Waals surface area (Å²) in [4.78, 5) is 0. The van der Waals surface area contributed by atoms with Gasteiger partial charge in [0, 0.05) is 12.7 Å². The van der Waals surface area contributed by atoms with Crippen molar-refractivity contribution < 1.29 is 5.11 Å². The van der Waals surface area contributed by atoms with Crippen molar-refractivity contribution in [1.29, 1.82) is 0 Å². The summed E-state index contributed by atoms with van der Waals surface area (Å²) >= 11 is 0. The van der Waals surface area contributed by atoms with E-state index in [-0.39, 0.29) is 6.61 Å². The van der Waals surface area contributed by atoms with E-state index in [2.05, 4.69) is 27.0 Å². The average Bonchev–Trinajstić information content (AvgIpc) is 2.52. The lowest BCUT2D eigenvalue weighted by Crippen LogP contribution is -2.20. The molecule has 0 saturated heterocycles. The Kier molecular flexibility index (Phi) is 8.07. The standard InChI is InChI=1S/C16H21N5O/c1-4-5-6-9-14(2)17-18-15(3)19-20-16-10-7-8-11-21(16)12-13-22/h4-11,22H,2,12-13H2,1,3H3/b5-4-,9-6-,18-17+,19-15+,20-16+. The molecule has 6 nitrogen and oxygen atoms in total. The number of aromatic nitrogens is 1. The van der Waals surface area contributed by atoms with E-state index in [1.165, 1.54) is 0 Å². The van der Waals surface area contributed by atoms with Crippen LogP contribution in [-0.4, -0.2) is 22.1 Å². The highest BCUT2D eigenvalue weighted by Gasteiger charge is 1.91. The van der Waals surface area contributed by atoms with Crippen molar-refractivity contribution in [2.75, 3.05) is 6.61 Å². The molecule has 6 heteroatoms. The molecule has 0 amide bonds. The Bertz CT molecular complexity index is 665. The third-order valence-electron chi connectivity index (χ3n) is 2.47. The Morgan fingerprint density at radius 2 is 2.14 bits per heavy atom. The van der Waals surface area contributed by atoms with Gasteiger partial charge in [-0.25, -0.2) is 0 Å². The van der Waals surface area contributed by atoms with E-state index in [1.807, 2.05) is 49.5 Å². The number of allylic oxidation sites excluding steroid dienone is 4. The highest BCUT2D eigenvalue weighted by Crippen LogP contribution is 1.97. The van der Waals surface area contributed by atoms with Gasteiger partial charge < -0.3 is 9.67 Å². The van der Waals surface area contributed by atoms with Crippen LogP contribution in [0.1, 0.15) is 13.8 Å². The van der Waals surface area contributed by atoms with Crippen LogP contribution in [0.25, 0.3) is 0 Å². The summed E-state index contributed by atoms with van der Waals surface area (Å²) in [5, 5.41) is 25.0. The van der Waals surface area contributed by atoms with Crippen molar-refractivity contribution in [2.45, 2.75) is 20.4 Å². The first-order chi connectivity index (χ1) is 10.7. The molecule has 0 unspecified atom stereocenters. The summed E-state index contributed by atoms with van der Waals surface area (Å²) < 4.78 is 1.80. The van der Waals surface area contributed by atoms with Gasteiger partial charge in [0.25, 0.3) is 0 Å². The van der Waals surface area contributed by atoms with Crippen LogP contribution in [0.4, 0.5) is 0 Å². The predicted octanol–water partition coefficient (Wildman–Crippen LogP) is 2.81. The molecule has 0 aliphatic heterocycles. The number of hydrogen-bond acceptors (Lipinski definition) is 4. The minimum atomic E-state index is 0.0397. The first-order valence-corrected chi connectivity index (χ1v) is 6.92. The molecule has 0 radical (unpaired) electrons. The van der Waals surface area contributed by atoms with Crippen molar-refractivity contribution >= 4 is 5.84 Å². The van der Waals surface area contributed by atoms with E-state index in [9.17, 15) is 0 Å². The quantitative estimate of drug-likeness (QED) is 0.283. The average molecular weight is 299 g/mol. The summed E-state index contributed by atoms with van der Waals surface area (Å²) in [6.07, 6.45) is 9.20. The highest BCUT2D eigenvalue weighted by atomic mass is 16.3. The SMILES string of the molecule is C=C(/C=C\C=C/C)/N=N/C(C)=N/N=c1\ccccn1CCO. The number of rotatable bonds is 6. The molecule has 0 aliphatic rings. The molecule has 22 heavy (non-hydrogen) atoms. The Labute approximate surface area is 130 Å². The molecule has 1 rings (SSSR count). The molecule has 0 aliphatic carbocycles. The van der Waals surface area contributed by atoms with E-state index < -0.39 is 0 Å². The Hall–Kier alpha value is -2.60. The van der Waals surface area contributed by atoms with Gasteiger partial charge in [0.15, 0.2) is 11.3 Å². The van der Waals surface area contributed by atoms with Crippen molar-refractivity contribution in [3.05, 3.63) is 66.5 Å². The van der Waals surface area contributed by atoms with E-state index in [0.717, 1.165) is 0 Å². The van der Waals surface area contributed by atoms with Crippen molar-refractivity contribution in [2.24, 2.45) is 20.4 Å². The molecule has 1 aromatic heterocycles. The second kappa shape index (κ2) is 10.2. The molecule has 0 spiro atoms. The van der Waals surface area contributed by atoms with Gasteiger partial charge in [0.05, 0.1) is 12.3 Å². The maximum Gasteiger partial charge on any atom is 0.170 e. The lowest BCUT2D eigenvalue weighted by molar-refractivity contribution is 0.273. The van der Waals surface area contributed by atoms with Crippen LogP contribution in [0.3, 0.4) is 0 Å². The van der Waals surface area contributed by atoms with Crippen molar-refractivity contribution in [3.8, 4) is 0 Å². The molecule has 1 heterocycles. The summed E-state index contributed by atoms with van der Waals surface area (Å²) in [5.74, 6) is 0.417. The summed E-state index contributed by atoms with van der Waals surface area (Å²) in [5.41, 5.74) is 1.17. The van der Waals surface area contributed by atoms with Gasteiger partial charge in [-0.3, -0.25) is 0 Å². The number of pyridine rings is 1. The smallest absolute Gasteiger partial charge is 0.170 e. The van der Waals surface area contributed by atoms with E-state index in [1.54, 1.807) is 17.6 Å². The number of amidine groups is 1. The van der Waals surface area contributed by atoms with Gasteiger partial charge in [-0.1, -0.05) is 30.9 Å². The van der Waals surface area contributed by atoms with Gasteiger partial charge >= 0.3 is 0 Å². The van der Waals surface area contributed by atoms with E-state index in [4.69, 9.17) is 5.11 Å². The van der Waals surface area contributed by atoms with Crippen LogP contribution < -0.4 is 5.49 Å². The van der Waals surface area contributed by atoms with Crippen LogP contribution in [-0.2, 0) is 6.54 Å². The predicted molar refractivity (Wildman–Crippen MR) is 88.1 cm³/mol. The van der Waals surface area contributed by atoms with E-state index in [0.29, 0.717) is 23.6 Å². The third kappa shape index (κ3) is 6.71. The molecule has 1 N–H and O–H groups in total. The monoisotopic (exact) mass is 299 g/mol. The lowest BCUT2D eigenvalue weighted by atomic mass is 10.4. The zero-order chi connectivity index (χ0) is 16.2. The first-order valence-electron chi connectivity index (χ1n) is 6.92. The molecule has 0 bridgehead atoms. The fourth-order valence-corrected chi connectivity index (χ4v) is 1.45. The second-order valence-electron chi connectivity index (χ2n) is 4.30. The van der Waals surface area contributed by atoms with Crippen LogP contribution >= 0.6 is 0 Å². The van der Waals surface area contributed by atoms with Gasteiger partial charge in [-0.05, 0) is 32.1 Å².